The van der Waals surface area contributed by atoms with Gasteiger partial charge in [-0.1, -0.05) is 83.9 Å². The van der Waals surface area contributed by atoms with Crippen LogP contribution < -0.4 is 24.8 Å². The third-order valence-corrected chi connectivity index (χ3v) is 5.23. The average Bonchev–Trinajstić information content (AvgIpc) is 3.33. The van der Waals surface area contributed by atoms with Crippen LogP contribution in [0.4, 0.5) is 0 Å². The molecule has 159 valence electrons. The second-order valence-electron chi connectivity index (χ2n) is 7.37. The first-order chi connectivity index (χ1) is 14.3. The van der Waals surface area contributed by atoms with Crippen molar-refractivity contribution in [2.75, 3.05) is 0 Å². The van der Waals surface area contributed by atoms with Crippen LogP contribution in [0, 0.1) is 12.1 Å². The zero-order chi connectivity index (χ0) is 20.1. The topological polar surface area (TPSA) is 0 Å². The fourth-order valence-electron chi connectivity index (χ4n) is 4.00. The largest absolute Gasteiger partial charge is 4.00 e. The van der Waals surface area contributed by atoms with E-state index in [0.717, 1.165) is 22.4 Å². The van der Waals surface area contributed by atoms with Crippen molar-refractivity contribution in [1.29, 1.82) is 0 Å². The number of hydrogen-bond donors (Lipinski definition) is 0. The molecule has 0 saturated carbocycles. The van der Waals surface area contributed by atoms with Gasteiger partial charge in [0.05, 0.1) is 0 Å². The molecule has 4 heteroatoms. The predicted octanol–water partition coefficient (Wildman–Crippen LogP) is 0.641. The van der Waals surface area contributed by atoms with Crippen molar-refractivity contribution >= 4 is 9.52 Å². The summed E-state index contributed by atoms with van der Waals surface area (Å²) in [7, 11) is 0.750. The van der Waals surface area contributed by atoms with Crippen LogP contribution in [0.25, 0.3) is 22.3 Å². The van der Waals surface area contributed by atoms with Gasteiger partial charge in [0.15, 0.2) is 0 Å². The van der Waals surface area contributed by atoms with E-state index in [2.05, 4.69) is 98.0 Å². The minimum Gasteiger partial charge on any atom is -1.00 e. The SMILES string of the molecule is C[SiH]C.[Cl-].[Cl-].[Zr+4].[c-]1cccc2c1Cc1ccccc1-2.[c-]1cccc2c1Cc1ccccc1-2. The Morgan fingerprint density at radius 3 is 1.31 bits per heavy atom. The van der Waals surface area contributed by atoms with Gasteiger partial charge < -0.3 is 24.8 Å². The summed E-state index contributed by atoms with van der Waals surface area (Å²) in [6.07, 6.45) is 2.10. The van der Waals surface area contributed by atoms with Crippen LogP contribution in [-0.2, 0) is 39.0 Å². The van der Waals surface area contributed by atoms with E-state index in [9.17, 15) is 0 Å². The van der Waals surface area contributed by atoms with Gasteiger partial charge in [-0.2, -0.15) is 59.7 Å². The van der Waals surface area contributed by atoms with Gasteiger partial charge in [0.2, 0.25) is 0 Å². The minimum absolute atomic E-state index is 0. The fourth-order valence-corrected chi connectivity index (χ4v) is 4.00. The van der Waals surface area contributed by atoms with Crippen LogP contribution in [0.1, 0.15) is 22.3 Å². The minimum atomic E-state index is 0. The maximum atomic E-state index is 3.30. The van der Waals surface area contributed by atoms with E-state index in [0.29, 0.717) is 0 Å². The molecule has 0 saturated heterocycles. The summed E-state index contributed by atoms with van der Waals surface area (Å²) in [5.41, 5.74) is 11.0. The summed E-state index contributed by atoms with van der Waals surface area (Å²) < 4.78 is 0. The fraction of sp³-hybridized carbons (Fsp3) is 0.143. The number of rotatable bonds is 0. The zero-order valence-electron chi connectivity index (χ0n) is 18.3. The standard InChI is InChI=1S/2C13H9.C2H7Si.2ClH.Zr/c2*1-3-7-12-10(5-1)9-11-6-2-4-8-13(11)12;1-3-2;;;/h2*1-5,7-8H,9H2;3H,1-2H3;2*1H;/q2*-1;;;;+4/p-2. The number of halogens is 2. The first-order valence-corrected chi connectivity index (χ1v) is 12.5. The van der Waals surface area contributed by atoms with Crippen molar-refractivity contribution in [3.8, 4) is 22.3 Å². The van der Waals surface area contributed by atoms with Crippen molar-refractivity contribution in [3.05, 3.63) is 119 Å². The number of fused-ring (bicyclic) bond motifs is 6. The molecule has 0 heterocycles. The molecule has 2 aliphatic carbocycles. The molecule has 6 rings (SSSR count). The van der Waals surface area contributed by atoms with Gasteiger partial charge in [0, 0.05) is 9.52 Å². The summed E-state index contributed by atoms with van der Waals surface area (Å²) in [5, 5.41) is 0. The molecule has 0 unspecified atom stereocenters. The Labute approximate surface area is 226 Å². The Morgan fingerprint density at radius 2 is 0.906 bits per heavy atom. The van der Waals surface area contributed by atoms with Crippen molar-refractivity contribution in [3.63, 3.8) is 0 Å². The second kappa shape index (κ2) is 14.0. The molecule has 0 nitrogen and oxygen atoms in total. The van der Waals surface area contributed by atoms with Crippen LogP contribution in [0.3, 0.4) is 0 Å². The predicted molar refractivity (Wildman–Crippen MR) is 126 cm³/mol. The maximum Gasteiger partial charge on any atom is 4.00 e. The van der Waals surface area contributed by atoms with E-state index < -0.39 is 0 Å². The maximum absolute atomic E-state index is 3.30. The first-order valence-electron chi connectivity index (χ1n) is 10.2. The van der Waals surface area contributed by atoms with Crippen LogP contribution in [0.2, 0.25) is 13.1 Å². The van der Waals surface area contributed by atoms with Gasteiger partial charge in [-0.25, -0.2) is 0 Å². The van der Waals surface area contributed by atoms with E-state index in [1.807, 2.05) is 12.1 Å². The van der Waals surface area contributed by atoms with E-state index in [1.165, 1.54) is 44.5 Å². The average molecular weight is 552 g/mol. The van der Waals surface area contributed by atoms with Gasteiger partial charge in [-0.15, -0.1) is 11.1 Å². The molecule has 0 fully saturated rings. The van der Waals surface area contributed by atoms with E-state index in [-0.39, 0.29) is 51.0 Å². The normalized spacial score (nSPS) is 10.6. The molecule has 0 spiro atoms. The molecule has 0 amide bonds. The molecule has 0 bridgehead atoms. The van der Waals surface area contributed by atoms with Gasteiger partial charge in [-0.3, -0.25) is 0 Å². The van der Waals surface area contributed by atoms with Gasteiger partial charge in [0.25, 0.3) is 0 Å². The summed E-state index contributed by atoms with van der Waals surface area (Å²) in [6, 6.07) is 36.2. The molecule has 4 aromatic carbocycles. The first kappa shape index (κ1) is 28.6. The molecular weight excluding hydrogens is 527 g/mol. The van der Waals surface area contributed by atoms with Crippen molar-refractivity contribution in [2.24, 2.45) is 0 Å². The number of hydrogen-bond acceptors (Lipinski definition) is 0. The Balaban J connectivity index is 0.000000264. The Bertz CT molecular complexity index is 951. The monoisotopic (exact) mass is 549 g/mol. The number of benzene rings is 4. The van der Waals surface area contributed by atoms with Crippen LogP contribution in [0.5, 0.6) is 0 Å². The summed E-state index contributed by atoms with van der Waals surface area (Å²) in [4.78, 5) is 0. The quantitative estimate of drug-likeness (QED) is 0.192. The summed E-state index contributed by atoms with van der Waals surface area (Å²) >= 11 is 0. The zero-order valence-corrected chi connectivity index (χ0v) is 23.5. The summed E-state index contributed by atoms with van der Waals surface area (Å²) in [5.74, 6) is 0. The summed E-state index contributed by atoms with van der Waals surface area (Å²) in [6.45, 7) is 4.42. The molecule has 0 atom stereocenters. The van der Waals surface area contributed by atoms with E-state index in [1.54, 1.807) is 0 Å². The molecule has 1 radical (unpaired) electrons. The Morgan fingerprint density at radius 1 is 0.562 bits per heavy atom. The molecule has 0 aromatic heterocycles. The van der Waals surface area contributed by atoms with Gasteiger partial charge >= 0.3 is 26.2 Å². The molecule has 32 heavy (non-hydrogen) atoms. The van der Waals surface area contributed by atoms with Crippen LogP contribution >= 0.6 is 0 Å². The third-order valence-electron chi connectivity index (χ3n) is 5.23. The van der Waals surface area contributed by atoms with E-state index in [4.69, 9.17) is 0 Å². The van der Waals surface area contributed by atoms with Crippen molar-refractivity contribution in [2.45, 2.75) is 25.9 Å². The van der Waals surface area contributed by atoms with Gasteiger partial charge in [0.1, 0.15) is 0 Å². The van der Waals surface area contributed by atoms with Crippen molar-refractivity contribution in [1.82, 2.24) is 0 Å². The smallest absolute Gasteiger partial charge is 1.00 e. The second-order valence-corrected chi connectivity index (χ2v) is 8.52. The molecule has 4 aromatic rings. The van der Waals surface area contributed by atoms with Crippen LogP contribution in [-0.4, -0.2) is 9.52 Å². The molecular formula is C28H25Cl2SiZr. The Kier molecular flexibility index (Phi) is 12.5. The molecule has 2 aliphatic rings. The van der Waals surface area contributed by atoms with Gasteiger partial charge in [-0.05, 0) is 12.8 Å². The van der Waals surface area contributed by atoms with Crippen LogP contribution in [0.15, 0.2) is 84.9 Å². The Hall–Kier alpha value is -1.44. The molecule has 0 aliphatic heterocycles. The van der Waals surface area contributed by atoms with E-state index >= 15 is 0 Å². The third kappa shape index (κ3) is 6.33. The van der Waals surface area contributed by atoms with Crippen molar-refractivity contribution < 1.29 is 51.0 Å². The molecule has 0 N–H and O–H groups in total.